The molecule has 0 saturated carbocycles. The van der Waals surface area contributed by atoms with Gasteiger partial charge in [-0.3, -0.25) is 9.69 Å². The fourth-order valence-electron chi connectivity index (χ4n) is 3.47. The maximum atomic E-state index is 13.8. The van der Waals surface area contributed by atoms with E-state index >= 15 is 0 Å². The minimum absolute atomic E-state index is 0.0587. The molecule has 0 bridgehead atoms. The second kappa shape index (κ2) is 7.08. The highest BCUT2D eigenvalue weighted by molar-refractivity contribution is 5.55. The predicted octanol–water partition coefficient (Wildman–Crippen LogP) is 3.75. The van der Waals surface area contributed by atoms with Crippen LogP contribution in [0.25, 0.3) is 11.4 Å². The Hall–Kier alpha value is -2.79. The number of hydrogen-bond acceptors (Lipinski definition) is 3. The van der Waals surface area contributed by atoms with Gasteiger partial charge in [-0.05, 0) is 37.5 Å². The van der Waals surface area contributed by atoms with Crippen molar-refractivity contribution in [2.24, 2.45) is 0 Å². The van der Waals surface area contributed by atoms with Crippen LogP contribution in [-0.4, -0.2) is 21.4 Å². The van der Waals surface area contributed by atoms with Gasteiger partial charge in [-0.15, -0.1) is 0 Å². The van der Waals surface area contributed by atoms with Gasteiger partial charge in [0.1, 0.15) is 11.6 Å². The van der Waals surface area contributed by atoms with E-state index in [1.165, 1.54) is 0 Å². The Balaban J connectivity index is 1.60. The number of aryl methyl sites for hydroxylation is 2. The summed E-state index contributed by atoms with van der Waals surface area (Å²) in [4.78, 5) is 22.4. The van der Waals surface area contributed by atoms with Crippen molar-refractivity contribution in [2.45, 2.75) is 33.4 Å². The van der Waals surface area contributed by atoms with E-state index in [0.29, 0.717) is 30.9 Å². The van der Waals surface area contributed by atoms with Gasteiger partial charge in [0.15, 0.2) is 0 Å². The number of benzene rings is 2. The van der Waals surface area contributed by atoms with Gasteiger partial charge in [-0.1, -0.05) is 42.0 Å². The smallest absolute Gasteiger partial charge is 0.254 e. The quantitative estimate of drug-likeness (QED) is 0.771. The Bertz CT molecular complexity index is 1040. The van der Waals surface area contributed by atoms with Crippen molar-refractivity contribution in [3.05, 3.63) is 86.6 Å². The summed E-state index contributed by atoms with van der Waals surface area (Å²) in [6.07, 6.45) is 0.653. The topological polar surface area (TPSA) is 49.0 Å². The lowest BCUT2D eigenvalue weighted by Crippen LogP contribution is -2.35. The molecule has 5 heteroatoms. The lowest BCUT2D eigenvalue weighted by Gasteiger charge is -2.27. The van der Waals surface area contributed by atoms with Crippen LogP contribution in [-0.2, 0) is 19.5 Å². The number of aromatic amines is 1. The lowest BCUT2D eigenvalue weighted by molar-refractivity contribution is 0.240. The molecule has 0 radical (unpaired) electrons. The highest BCUT2D eigenvalue weighted by atomic mass is 19.1. The summed E-state index contributed by atoms with van der Waals surface area (Å²) in [5.41, 5.74) is 5.17. The Morgan fingerprint density at radius 2 is 1.93 bits per heavy atom. The second-order valence-electron chi connectivity index (χ2n) is 7.25. The Kier molecular flexibility index (Phi) is 4.62. The summed E-state index contributed by atoms with van der Waals surface area (Å²) in [5.74, 6) is 0.420. The van der Waals surface area contributed by atoms with Crippen LogP contribution in [0.5, 0.6) is 0 Å². The Morgan fingerprint density at radius 1 is 1.15 bits per heavy atom. The van der Waals surface area contributed by atoms with Crippen LogP contribution in [0.1, 0.15) is 27.9 Å². The molecule has 138 valence electrons. The number of aromatic nitrogens is 2. The number of hydrogen-bond donors (Lipinski definition) is 1. The van der Waals surface area contributed by atoms with Gasteiger partial charge in [0, 0.05) is 30.8 Å². The molecule has 0 aliphatic carbocycles. The third-order valence-electron chi connectivity index (χ3n) is 5.12. The fourth-order valence-corrected chi connectivity index (χ4v) is 3.47. The second-order valence-corrected chi connectivity index (χ2v) is 7.25. The van der Waals surface area contributed by atoms with E-state index in [4.69, 9.17) is 4.98 Å². The Morgan fingerprint density at radius 3 is 2.67 bits per heavy atom. The summed E-state index contributed by atoms with van der Waals surface area (Å²) in [6.45, 7) is 5.79. The van der Waals surface area contributed by atoms with Crippen LogP contribution in [0.4, 0.5) is 4.39 Å². The van der Waals surface area contributed by atoms with E-state index in [2.05, 4.69) is 9.88 Å². The van der Waals surface area contributed by atoms with Gasteiger partial charge in [0.2, 0.25) is 0 Å². The number of nitrogens with zero attached hydrogens (tertiary/aromatic N) is 2. The van der Waals surface area contributed by atoms with Gasteiger partial charge in [0.05, 0.1) is 5.69 Å². The van der Waals surface area contributed by atoms with Crippen LogP contribution < -0.4 is 5.56 Å². The summed E-state index contributed by atoms with van der Waals surface area (Å²) in [7, 11) is 0. The first kappa shape index (κ1) is 17.6. The van der Waals surface area contributed by atoms with Crippen LogP contribution in [0.2, 0.25) is 0 Å². The molecule has 0 fully saturated rings. The van der Waals surface area contributed by atoms with E-state index in [9.17, 15) is 9.18 Å². The van der Waals surface area contributed by atoms with Crippen LogP contribution in [0.15, 0.2) is 47.3 Å². The molecule has 2 aromatic carbocycles. The first-order valence-electron chi connectivity index (χ1n) is 9.16. The highest BCUT2D eigenvalue weighted by Crippen LogP contribution is 2.21. The molecule has 4 rings (SSSR count). The lowest BCUT2D eigenvalue weighted by atomic mass is 10.0. The number of halogens is 1. The number of H-pyrrole nitrogens is 1. The van der Waals surface area contributed by atoms with Gasteiger partial charge in [-0.2, -0.15) is 0 Å². The van der Waals surface area contributed by atoms with Gasteiger partial charge in [0.25, 0.3) is 5.56 Å². The zero-order valence-electron chi connectivity index (χ0n) is 15.6. The fraction of sp³-hybridized carbons (Fsp3) is 0.273. The average Bonchev–Trinajstić information content (AvgIpc) is 2.65. The standard InChI is InChI=1S/C22H22FN3O/c1-14-3-7-17(8-4-14)21-24-20-13-26(10-9-18(20)22(27)25-21)12-16-6-5-15(2)19(23)11-16/h3-8,11H,9-10,12-13H2,1-2H3,(H,24,25,27). The van der Waals surface area contributed by atoms with Crippen molar-refractivity contribution in [3.8, 4) is 11.4 Å². The third-order valence-corrected chi connectivity index (χ3v) is 5.12. The van der Waals surface area contributed by atoms with Crippen molar-refractivity contribution in [1.82, 2.24) is 14.9 Å². The molecule has 0 amide bonds. The molecule has 3 aromatic rings. The first-order valence-corrected chi connectivity index (χ1v) is 9.16. The molecule has 4 nitrogen and oxygen atoms in total. The zero-order valence-corrected chi connectivity index (χ0v) is 15.6. The molecular weight excluding hydrogens is 341 g/mol. The van der Waals surface area contributed by atoms with Gasteiger partial charge in [-0.25, -0.2) is 9.37 Å². The molecular formula is C22H22FN3O. The molecule has 1 aromatic heterocycles. The molecule has 27 heavy (non-hydrogen) atoms. The van der Waals surface area contributed by atoms with Crippen molar-refractivity contribution >= 4 is 0 Å². The van der Waals surface area contributed by atoms with Crippen molar-refractivity contribution in [1.29, 1.82) is 0 Å². The van der Waals surface area contributed by atoms with E-state index in [-0.39, 0.29) is 11.4 Å². The number of nitrogens with one attached hydrogen (secondary N) is 1. The first-order chi connectivity index (χ1) is 13.0. The number of fused-ring (bicyclic) bond motifs is 1. The molecule has 0 spiro atoms. The SMILES string of the molecule is Cc1ccc(-c2nc3c(c(=O)[nH]2)CCN(Cc2ccc(C)c(F)c2)C3)cc1. The molecule has 2 heterocycles. The monoisotopic (exact) mass is 363 g/mol. The summed E-state index contributed by atoms with van der Waals surface area (Å²) < 4.78 is 13.8. The van der Waals surface area contributed by atoms with Crippen LogP contribution >= 0.6 is 0 Å². The molecule has 1 aliphatic rings. The van der Waals surface area contributed by atoms with Gasteiger partial charge >= 0.3 is 0 Å². The number of rotatable bonds is 3. The van der Waals surface area contributed by atoms with Crippen molar-refractivity contribution in [2.75, 3.05) is 6.54 Å². The maximum Gasteiger partial charge on any atom is 0.254 e. The Labute approximate surface area is 157 Å². The molecule has 1 N–H and O–H groups in total. The summed E-state index contributed by atoms with van der Waals surface area (Å²) in [6, 6.07) is 13.3. The van der Waals surface area contributed by atoms with Crippen LogP contribution in [0.3, 0.4) is 0 Å². The van der Waals surface area contributed by atoms with Crippen molar-refractivity contribution < 1.29 is 4.39 Å². The largest absolute Gasteiger partial charge is 0.306 e. The average molecular weight is 363 g/mol. The summed E-state index contributed by atoms with van der Waals surface area (Å²) in [5, 5.41) is 0. The van der Waals surface area contributed by atoms with Gasteiger partial charge < -0.3 is 4.98 Å². The molecule has 0 saturated heterocycles. The maximum absolute atomic E-state index is 13.8. The minimum atomic E-state index is -0.180. The minimum Gasteiger partial charge on any atom is -0.306 e. The van der Waals surface area contributed by atoms with E-state index in [1.807, 2.05) is 37.3 Å². The third kappa shape index (κ3) is 3.69. The normalized spacial score (nSPS) is 14.2. The highest BCUT2D eigenvalue weighted by Gasteiger charge is 2.21. The van der Waals surface area contributed by atoms with E-state index in [0.717, 1.165) is 34.5 Å². The van der Waals surface area contributed by atoms with Crippen LogP contribution in [0, 0.1) is 19.7 Å². The van der Waals surface area contributed by atoms with E-state index in [1.54, 1.807) is 19.1 Å². The predicted molar refractivity (Wildman–Crippen MR) is 104 cm³/mol. The summed E-state index contributed by atoms with van der Waals surface area (Å²) >= 11 is 0. The molecule has 1 aliphatic heterocycles. The zero-order chi connectivity index (χ0) is 19.0. The molecule has 0 unspecified atom stereocenters. The van der Waals surface area contributed by atoms with Crippen molar-refractivity contribution in [3.63, 3.8) is 0 Å². The molecule has 0 atom stereocenters. The van der Waals surface area contributed by atoms with E-state index < -0.39 is 0 Å².